The van der Waals surface area contributed by atoms with Crippen molar-refractivity contribution in [3.63, 3.8) is 0 Å². The zero-order chi connectivity index (χ0) is 14.1. The lowest BCUT2D eigenvalue weighted by Gasteiger charge is -2.26. The van der Waals surface area contributed by atoms with E-state index in [2.05, 4.69) is 44.7 Å². The molecule has 1 N–H and O–H groups in total. The average molecular weight is 278 g/mol. The van der Waals surface area contributed by atoms with Gasteiger partial charge in [-0.05, 0) is 30.4 Å². The van der Waals surface area contributed by atoms with Crippen LogP contribution in [0.5, 0.6) is 0 Å². The smallest absolute Gasteiger partial charge is 0.113 e. The van der Waals surface area contributed by atoms with Crippen molar-refractivity contribution in [3.8, 4) is 11.3 Å². The fraction of sp³-hybridized carbons (Fsp3) is 0.294. The Bertz CT molecular complexity index is 632. The predicted octanol–water partition coefficient (Wildman–Crippen LogP) is 3.01. The van der Waals surface area contributed by atoms with E-state index in [4.69, 9.17) is 0 Å². The first-order valence-electron chi connectivity index (χ1n) is 7.45. The second-order valence-electron chi connectivity index (χ2n) is 5.70. The average Bonchev–Trinajstić information content (AvgIpc) is 3.23. The van der Waals surface area contributed by atoms with E-state index in [-0.39, 0.29) is 0 Å². The molecule has 0 amide bonds. The lowest BCUT2D eigenvalue weighted by molar-refractivity contribution is 0.299. The van der Waals surface area contributed by atoms with E-state index in [9.17, 15) is 0 Å². The summed E-state index contributed by atoms with van der Waals surface area (Å²) in [5.74, 6) is 0.737. The topological polar surface area (TPSA) is 40.5 Å². The Hall–Kier alpha value is -2.36. The minimum Gasteiger partial charge on any atom is -0.335 e. The number of rotatable bonds is 4. The number of hydrogen-bond donors (Lipinski definition) is 1. The van der Waals surface area contributed by atoms with E-state index in [1.165, 1.54) is 18.4 Å². The number of hydrogen-bond acceptors (Lipinski definition) is 4. The zero-order valence-electron chi connectivity index (χ0n) is 11.8. The third-order valence-corrected chi connectivity index (χ3v) is 4.17. The lowest BCUT2D eigenvalue weighted by Crippen LogP contribution is -2.29. The van der Waals surface area contributed by atoms with Gasteiger partial charge >= 0.3 is 0 Å². The molecule has 0 spiro atoms. The standard InChI is InChI=1S/C17H18N4/c1-2-4-13(5-3-1)16-9-8-15(10-18-16)17(14-6-7-14)21-11-19-20-12-21/h1-5,8-11,14,17,20H,6-7,12H2. The maximum Gasteiger partial charge on any atom is 0.113 e. The van der Waals surface area contributed by atoms with Crippen LogP contribution in [-0.2, 0) is 0 Å². The second kappa shape index (κ2) is 5.20. The van der Waals surface area contributed by atoms with Gasteiger partial charge in [-0.1, -0.05) is 36.4 Å². The highest BCUT2D eigenvalue weighted by Gasteiger charge is 2.36. The molecule has 4 nitrogen and oxygen atoms in total. The van der Waals surface area contributed by atoms with Gasteiger partial charge < -0.3 is 4.90 Å². The summed E-state index contributed by atoms with van der Waals surface area (Å²) in [5, 5.41) is 4.12. The van der Waals surface area contributed by atoms with E-state index in [0.29, 0.717) is 6.04 Å². The summed E-state index contributed by atoms with van der Waals surface area (Å²) in [6, 6.07) is 15.1. The molecule has 1 aromatic heterocycles. The van der Waals surface area contributed by atoms with Gasteiger partial charge in [0.2, 0.25) is 0 Å². The third kappa shape index (κ3) is 2.49. The van der Waals surface area contributed by atoms with Gasteiger partial charge in [0.15, 0.2) is 0 Å². The molecule has 0 bridgehead atoms. The van der Waals surface area contributed by atoms with Gasteiger partial charge in [-0.2, -0.15) is 5.10 Å². The maximum absolute atomic E-state index is 4.66. The van der Waals surface area contributed by atoms with Crippen molar-refractivity contribution in [3.05, 3.63) is 54.2 Å². The minimum atomic E-state index is 0.404. The van der Waals surface area contributed by atoms with Crippen LogP contribution in [0.25, 0.3) is 11.3 Å². The van der Waals surface area contributed by atoms with Crippen molar-refractivity contribution in [2.45, 2.75) is 18.9 Å². The van der Waals surface area contributed by atoms with Gasteiger partial charge in [-0.25, -0.2) is 0 Å². The molecule has 106 valence electrons. The Morgan fingerprint density at radius 1 is 1.10 bits per heavy atom. The molecule has 4 rings (SSSR count). The molecule has 0 saturated heterocycles. The van der Waals surface area contributed by atoms with Crippen LogP contribution in [-0.4, -0.2) is 22.9 Å². The molecule has 1 aliphatic carbocycles. The van der Waals surface area contributed by atoms with Gasteiger partial charge in [0.05, 0.1) is 11.7 Å². The summed E-state index contributed by atoms with van der Waals surface area (Å²) >= 11 is 0. The highest BCUT2D eigenvalue weighted by Crippen LogP contribution is 2.44. The van der Waals surface area contributed by atoms with Crippen molar-refractivity contribution in [2.75, 3.05) is 6.67 Å². The second-order valence-corrected chi connectivity index (χ2v) is 5.70. The molecule has 1 atom stereocenters. The molecule has 1 fully saturated rings. The molecule has 2 heterocycles. The molecule has 1 saturated carbocycles. The van der Waals surface area contributed by atoms with E-state index in [1.54, 1.807) is 0 Å². The Balaban J connectivity index is 1.61. The van der Waals surface area contributed by atoms with Crippen molar-refractivity contribution >= 4 is 6.34 Å². The van der Waals surface area contributed by atoms with E-state index < -0.39 is 0 Å². The maximum atomic E-state index is 4.66. The van der Waals surface area contributed by atoms with Crippen molar-refractivity contribution in [2.24, 2.45) is 11.0 Å². The zero-order valence-corrected chi connectivity index (χ0v) is 11.8. The number of hydrazone groups is 1. The van der Waals surface area contributed by atoms with Gasteiger partial charge in [-0.15, -0.1) is 0 Å². The molecule has 0 radical (unpaired) electrons. The minimum absolute atomic E-state index is 0.404. The highest BCUT2D eigenvalue weighted by molar-refractivity contribution is 5.60. The molecule has 1 unspecified atom stereocenters. The molecular weight excluding hydrogens is 260 g/mol. The normalized spacial score (nSPS) is 18.6. The van der Waals surface area contributed by atoms with Gasteiger partial charge in [0.1, 0.15) is 13.0 Å². The predicted molar refractivity (Wildman–Crippen MR) is 83.5 cm³/mol. The van der Waals surface area contributed by atoms with Crippen molar-refractivity contribution in [1.82, 2.24) is 15.3 Å². The first-order chi connectivity index (χ1) is 10.4. The largest absolute Gasteiger partial charge is 0.335 e. The molecule has 2 aliphatic rings. The van der Waals surface area contributed by atoms with Gasteiger partial charge in [0.25, 0.3) is 0 Å². The van der Waals surface area contributed by atoms with E-state index in [0.717, 1.165) is 23.8 Å². The highest BCUT2D eigenvalue weighted by atomic mass is 15.5. The molecule has 4 heteroatoms. The lowest BCUT2D eigenvalue weighted by atomic mass is 10.0. The van der Waals surface area contributed by atoms with Gasteiger partial charge in [-0.3, -0.25) is 10.4 Å². The fourth-order valence-corrected chi connectivity index (χ4v) is 2.95. The van der Waals surface area contributed by atoms with Crippen LogP contribution in [0.2, 0.25) is 0 Å². The number of nitrogens with zero attached hydrogens (tertiary/aromatic N) is 3. The Morgan fingerprint density at radius 3 is 2.57 bits per heavy atom. The van der Waals surface area contributed by atoms with Crippen LogP contribution >= 0.6 is 0 Å². The van der Waals surface area contributed by atoms with Crippen LogP contribution in [0.3, 0.4) is 0 Å². The first-order valence-corrected chi connectivity index (χ1v) is 7.45. The first kappa shape index (κ1) is 12.4. The van der Waals surface area contributed by atoms with Crippen molar-refractivity contribution < 1.29 is 0 Å². The summed E-state index contributed by atoms with van der Waals surface area (Å²) in [7, 11) is 0. The Morgan fingerprint density at radius 2 is 1.95 bits per heavy atom. The summed E-state index contributed by atoms with van der Waals surface area (Å²) in [6.07, 6.45) is 6.54. The van der Waals surface area contributed by atoms with E-state index in [1.807, 2.05) is 30.7 Å². The number of pyridine rings is 1. The molecule has 1 aromatic carbocycles. The van der Waals surface area contributed by atoms with E-state index >= 15 is 0 Å². The summed E-state index contributed by atoms with van der Waals surface area (Å²) in [6.45, 7) is 0.793. The van der Waals surface area contributed by atoms with Crippen LogP contribution in [0, 0.1) is 5.92 Å². The van der Waals surface area contributed by atoms with Crippen LogP contribution in [0.4, 0.5) is 0 Å². The number of nitrogens with one attached hydrogen (secondary N) is 1. The number of benzene rings is 1. The summed E-state index contributed by atoms with van der Waals surface area (Å²) in [5.41, 5.74) is 6.50. The summed E-state index contributed by atoms with van der Waals surface area (Å²) in [4.78, 5) is 6.93. The number of aromatic nitrogens is 1. The van der Waals surface area contributed by atoms with Crippen LogP contribution in [0.15, 0.2) is 53.8 Å². The fourth-order valence-electron chi connectivity index (χ4n) is 2.95. The monoisotopic (exact) mass is 278 g/mol. The molecule has 1 aliphatic heterocycles. The quantitative estimate of drug-likeness (QED) is 0.934. The third-order valence-electron chi connectivity index (χ3n) is 4.17. The molecule has 21 heavy (non-hydrogen) atoms. The van der Waals surface area contributed by atoms with Crippen LogP contribution < -0.4 is 5.43 Å². The molecule has 2 aromatic rings. The summed E-state index contributed by atoms with van der Waals surface area (Å²) < 4.78 is 0. The van der Waals surface area contributed by atoms with Gasteiger partial charge in [0, 0.05) is 11.8 Å². The SMILES string of the molecule is C1=NNCN1C(c1ccc(-c2ccccc2)nc1)C1CC1. The Kier molecular flexibility index (Phi) is 3.07. The molecular formula is C17H18N4. The van der Waals surface area contributed by atoms with Crippen LogP contribution in [0.1, 0.15) is 24.4 Å². The van der Waals surface area contributed by atoms with Crippen molar-refractivity contribution in [1.29, 1.82) is 0 Å². The Labute approximate surface area is 124 Å².